The lowest BCUT2D eigenvalue weighted by Gasteiger charge is -2.27. The van der Waals surface area contributed by atoms with Gasteiger partial charge in [-0.1, -0.05) is 56.3 Å². The van der Waals surface area contributed by atoms with E-state index in [0.717, 1.165) is 5.56 Å². The van der Waals surface area contributed by atoms with Crippen molar-refractivity contribution in [2.75, 3.05) is 14.1 Å². The van der Waals surface area contributed by atoms with Gasteiger partial charge in [0.05, 0.1) is 4.90 Å². The van der Waals surface area contributed by atoms with Crippen LogP contribution in [0.4, 0.5) is 0 Å². The molecule has 2 atom stereocenters. The lowest BCUT2D eigenvalue weighted by atomic mass is 9.94. The molecule has 0 aliphatic heterocycles. The van der Waals surface area contributed by atoms with Gasteiger partial charge in [0, 0.05) is 26.2 Å². The van der Waals surface area contributed by atoms with Gasteiger partial charge in [0.15, 0.2) is 0 Å². The molecule has 136 valence electrons. The fourth-order valence-electron chi connectivity index (χ4n) is 2.84. The molecule has 0 aromatic heterocycles. The molecule has 0 bridgehead atoms. The van der Waals surface area contributed by atoms with E-state index in [1.165, 1.54) is 9.87 Å². The van der Waals surface area contributed by atoms with E-state index in [9.17, 15) is 8.42 Å². The van der Waals surface area contributed by atoms with Gasteiger partial charge >= 0.3 is 0 Å². The van der Waals surface area contributed by atoms with Gasteiger partial charge < -0.3 is 5.32 Å². The fraction of sp³-hybridized carbons (Fsp3) is 0.400. The zero-order valence-electron chi connectivity index (χ0n) is 15.6. The first-order valence-corrected chi connectivity index (χ1v) is 10.0. The molecule has 5 heteroatoms. The van der Waals surface area contributed by atoms with Crippen LogP contribution in [-0.4, -0.2) is 26.8 Å². The van der Waals surface area contributed by atoms with Gasteiger partial charge in [-0.2, -0.15) is 0 Å². The van der Waals surface area contributed by atoms with Gasteiger partial charge in [-0.05, 0) is 36.1 Å². The second kappa shape index (κ2) is 8.13. The highest BCUT2D eigenvalue weighted by Crippen LogP contribution is 2.26. The Morgan fingerprint density at radius 1 is 0.840 bits per heavy atom. The summed E-state index contributed by atoms with van der Waals surface area (Å²) in [6, 6.07) is 17.9. The normalized spacial score (nSPS) is 14.7. The van der Waals surface area contributed by atoms with Gasteiger partial charge in [0.2, 0.25) is 10.0 Å². The van der Waals surface area contributed by atoms with E-state index in [1.807, 2.05) is 18.2 Å². The predicted molar refractivity (Wildman–Crippen MR) is 103 cm³/mol. The van der Waals surface area contributed by atoms with E-state index < -0.39 is 10.0 Å². The summed E-state index contributed by atoms with van der Waals surface area (Å²) in [5, 5.41) is 3.67. The minimum atomic E-state index is -3.39. The Hall–Kier alpha value is -1.69. The van der Waals surface area contributed by atoms with Crippen LogP contribution in [0.2, 0.25) is 0 Å². The maximum absolute atomic E-state index is 12.2. The van der Waals surface area contributed by atoms with E-state index in [2.05, 4.69) is 50.4 Å². The molecule has 0 saturated carbocycles. The van der Waals surface area contributed by atoms with Crippen LogP contribution in [0.3, 0.4) is 0 Å². The lowest BCUT2D eigenvalue weighted by Crippen LogP contribution is -2.28. The third kappa shape index (κ3) is 4.69. The van der Waals surface area contributed by atoms with Gasteiger partial charge in [-0.25, -0.2) is 12.7 Å². The summed E-state index contributed by atoms with van der Waals surface area (Å²) in [6.45, 7) is 6.50. The van der Waals surface area contributed by atoms with Crippen molar-refractivity contribution in [3.63, 3.8) is 0 Å². The second-order valence-electron chi connectivity index (χ2n) is 6.88. The number of sulfonamides is 1. The number of benzene rings is 2. The van der Waals surface area contributed by atoms with Crippen LogP contribution in [0.25, 0.3) is 0 Å². The van der Waals surface area contributed by atoms with Gasteiger partial charge in [-0.3, -0.25) is 0 Å². The Kier molecular flexibility index (Phi) is 6.38. The van der Waals surface area contributed by atoms with Crippen LogP contribution in [-0.2, 0) is 10.0 Å². The standard InChI is InChI=1S/C20H28N2O2S/c1-15(2)20(18-9-7-6-8-10-18)21-16(3)17-11-13-19(14-12-17)25(23,24)22(4)5/h6-16,20-21H,1-5H3/t16-,20+/m0/s1. The first-order valence-electron chi connectivity index (χ1n) is 8.57. The largest absolute Gasteiger partial charge is 0.303 e. The molecular formula is C20H28N2O2S. The van der Waals surface area contributed by atoms with Gasteiger partial charge in [0.25, 0.3) is 0 Å². The Bertz CT molecular complexity index is 769. The number of nitrogens with one attached hydrogen (secondary N) is 1. The molecule has 25 heavy (non-hydrogen) atoms. The number of hydrogen-bond donors (Lipinski definition) is 1. The SMILES string of the molecule is CC(C)[C@@H](N[C@@H](C)c1ccc(S(=O)(=O)N(C)C)cc1)c1ccccc1. The van der Waals surface area contributed by atoms with Crippen molar-refractivity contribution in [1.29, 1.82) is 0 Å². The first kappa shape index (κ1) is 19.6. The smallest absolute Gasteiger partial charge is 0.242 e. The van der Waals surface area contributed by atoms with Crippen LogP contribution in [0.1, 0.15) is 44.0 Å². The Labute approximate surface area is 151 Å². The number of hydrogen-bond acceptors (Lipinski definition) is 3. The zero-order valence-corrected chi connectivity index (χ0v) is 16.4. The monoisotopic (exact) mass is 360 g/mol. The summed E-state index contributed by atoms with van der Waals surface area (Å²) in [6.07, 6.45) is 0. The molecule has 2 aromatic carbocycles. The van der Waals surface area contributed by atoms with Crippen molar-refractivity contribution in [3.8, 4) is 0 Å². The highest BCUT2D eigenvalue weighted by atomic mass is 32.2. The second-order valence-corrected chi connectivity index (χ2v) is 9.03. The number of nitrogens with zero attached hydrogens (tertiary/aromatic N) is 1. The fourth-order valence-corrected chi connectivity index (χ4v) is 3.74. The molecule has 0 spiro atoms. The van der Waals surface area contributed by atoms with Crippen molar-refractivity contribution in [3.05, 3.63) is 65.7 Å². The van der Waals surface area contributed by atoms with Crippen LogP contribution in [0.15, 0.2) is 59.5 Å². The molecule has 0 unspecified atom stereocenters. The summed E-state index contributed by atoms with van der Waals surface area (Å²) in [7, 11) is -0.302. The van der Waals surface area contributed by atoms with Crippen LogP contribution >= 0.6 is 0 Å². The molecule has 0 aliphatic carbocycles. The molecule has 0 saturated heterocycles. The third-order valence-electron chi connectivity index (χ3n) is 4.41. The molecule has 0 aliphatic rings. The van der Waals surface area contributed by atoms with Crippen LogP contribution < -0.4 is 5.32 Å². The van der Waals surface area contributed by atoms with E-state index in [0.29, 0.717) is 10.8 Å². The Morgan fingerprint density at radius 3 is 1.88 bits per heavy atom. The third-order valence-corrected chi connectivity index (χ3v) is 6.24. The van der Waals surface area contributed by atoms with Crippen LogP contribution in [0.5, 0.6) is 0 Å². The summed E-state index contributed by atoms with van der Waals surface area (Å²) >= 11 is 0. The molecule has 2 aromatic rings. The van der Waals surface area contributed by atoms with Crippen LogP contribution in [0, 0.1) is 5.92 Å². The van der Waals surface area contributed by atoms with Crippen molar-refractivity contribution < 1.29 is 8.42 Å². The van der Waals surface area contributed by atoms with Gasteiger partial charge in [0.1, 0.15) is 0 Å². The number of rotatable bonds is 7. The molecule has 1 N–H and O–H groups in total. The topological polar surface area (TPSA) is 49.4 Å². The molecule has 0 heterocycles. The van der Waals surface area contributed by atoms with Crippen molar-refractivity contribution in [2.24, 2.45) is 5.92 Å². The molecule has 0 fully saturated rings. The van der Waals surface area contributed by atoms with Gasteiger partial charge in [-0.15, -0.1) is 0 Å². The summed E-state index contributed by atoms with van der Waals surface area (Å²) < 4.78 is 25.6. The van der Waals surface area contributed by atoms with E-state index in [1.54, 1.807) is 26.2 Å². The molecule has 0 radical (unpaired) electrons. The van der Waals surface area contributed by atoms with Crippen molar-refractivity contribution >= 4 is 10.0 Å². The van der Waals surface area contributed by atoms with Crippen molar-refractivity contribution in [2.45, 2.75) is 37.8 Å². The van der Waals surface area contributed by atoms with E-state index in [4.69, 9.17) is 0 Å². The van der Waals surface area contributed by atoms with E-state index in [-0.39, 0.29) is 12.1 Å². The summed E-state index contributed by atoms with van der Waals surface area (Å²) in [4.78, 5) is 0.317. The average Bonchev–Trinajstić information content (AvgIpc) is 2.59. The maximum Gasteiger partial charge on any atom is 0.242 e. The highest BCUT2D eigenvalue weighted by molar-refractivity contribution is 7.89. The minimum Gasteiger partial charge on any atom is -0.303 e. The average molecular weight is 361 g/mol. The molecular weight excluding hydrogens is 332 g/mol. The lowest BCUT2D eigenvalue weighted by molar-refractivity contribution is 0.374. The predicted octanol–water partition coefficient (Wildman–Crippen LogP) is 3.98. The summed E-state index contributed by atoms with van der Waals surface area (Å²) in [5.74, 6) is 0.443. The minimum absolute atomic E-state index is 0.115. The van der Waals surface area contributed by atoms with E-state index >= 15 is 0 Å². The Morgan fingerprint density at radius 2 is 1.40 bits per heavy atom. The van der Waals surface area contributed by atoms with Crippen molar-refractivity contribution in [1.82, 2.24) is 9.62 Å². The molecule has 2 rings (SSSR count). The maximum atomic E-state index is 12.2. The molecule has 0 amide bonds. The Balaban J connectivity index is 2.18. The zero-order chi connectivity index (χ0) is 18.6. The highest BCUT2D eigenvalue weighted by Gasteiger charge is 2.20. The quantitative estimate of drug-likeness (QED) is 0.812. The molecule has 4 nitrogen and oxygen atoms in total. The first-order chi connectivity index (χ1) is 11.7. The summed E-state index contributed by atoms with van der Waals surface area (Å²) in [5.41, 5.74) is 2.33.